The van der Waals surface area contributed by atoms with Crippen LogP contribution in [-0.4, -0.2) is 47.7 Å². The molecule has 0 radical (unpaired) electrons. The zero-order valence-corrected chi connectivity index (χ0v) is 10.8. The van der Waals surface area contributed by atoms with E-state index in [-0.39, 0.29) is 18.0 Å². The summed E-state index contributed by atoms with van der Waals surface area (Å²) in [4.78, 5) is 24.4. The van der Waals surface area contributed by atoms with E-state index in [0.29, 0.717) is 13.1 Å². The Balaban J connectivity index is 2.28. The van der Waals surface area contributed by atoms with Gasteiger partial charge in [-0.1, -0.05) is 0 Å². The molecule has 0 aliphatic carbocycles. The van der Waals surface area contributed by atoms with E-state index in [2.05, 4.69) is 5.32 Å². The molecule has 0 bridgehead atoms. The third-order valence-electron chi connectivity index (χ3n) is 2.29. The van der Waals surface area contributed by atoms with E-state index in [1.807, 2.05) is 20.8 Å². The minimum absolute atomic E-state index is 0.0129. The number of rotatable bonds is 2. The zero-order chi connectivity index (χ0) is 13.2. The molecular weight excluding hydrogens is 222 g/mol. The number of nitrogens with two attached hydrogens (primary N) is 1. The van der Waals surface area contributed by atoms with Crippen LogP contribution in [-0.2, 0) is 9.53 Å². The summed E-state index contributed by atoms with van der Waals surface area (Å²) in [5, 5.41) is 2.75. The van der Waals surface area contributed by atoms with E-state index < -0.39 is 11.6 Å². The SMILES string of the molecule is C[C@H](N)C(=O)NC1CN(C(=O)OC(C)(C)C)C1. The van der Waals surface area contributed by atoms with Gasteiger partial charge in [-0.15, -0.1) is 0 Å². The van der Waals surface area contributed by atoms with Crippen molar-refractivity contribution in [3.05, 3.63) is 0 Å². The molecule has 1 aliphatic heterocycles. The van der Waals surface area contributed by atoms with Crippen LogP contribution in [0.4, 0.5) is 4.79 Å². The third-order valence-corrected chi connectivity index (χ3v) is 2.29. The van der Waals surface area contributed by atoms with Gasteiger partial charge in [-0.25, -0.2) is 4.79 Å². The Morgan fingerprint density at radius 3 is 2.35 bits per heavy atom. The van der Waals surface area contributed by atoms with E-state index in [1.165, 1.54) is 0 Å². The molecule has 0 unspecified atom stereocenters. The molecule has 1 saturated heterocycles. The Hall–Kier alpha value is -1.30. The number of hydrogen-bond acceptors (Lipinski definition) is 4. The Bertz CT molecular complexity index is 304. The van der Waals surface area contributed by atoms with Crippen molar-refractivity contribution >= 4 is 12.0 Å². The number of amides is 2. The highest BCUT2D eigenvalue weighted by molar-refractivity contribution is 5.81. The number of nitrogens with one attached hydrogen (secondary N) is 1. The molecule has 2 amide bonds. The second-order valence-corrected chi connectivity index (χ2v) is 5.38. The first-order chi connectivity index (χ1) is 7.69. The first-order valence-corrected chi connectivity index (χ1v) is 5.73. The maximum Gasteiger partial charge on any atom is 0.410 e. The van der Waals surface area contributed by atoms with Gasteiger partial charge in [-0.3, -0.25) is 4.79 Å². The molecule has 0 saturated carbocycles. The molecule has 6 nitrogen and oxygen atoms in total. The second kappa shape index (κ2) is 4.91. The lowest BCUT2D eigenvalue weighted by Crippen LogP contribution is -2.63. The first kappa shape index (κ1) is 13.8. The van der Waals surface area contributed by atoms with Gasteiger partial charge in [-0.05, 0) is 27.7 Å². The van der Waals surface area contributed by atoms with Crippen LogP contribution < -0.4 is 11.1 Å². The molecule has 0 aromatic rings. The molecule has 6 heteroatoms. The number of carbonyl (C=O) groups excluding carboxylic acids is 2. The Morgan fingerprint density at radius 1 is 1.41 bits per heavy atom. The lowest BCUT2D eigenvalue weighted by molar-refractivity contribution is -0.123. The lowest BCUT2D eigenvalue weighted by atomic mass is 10.1. The van der Waals surface area contributed by atoms with Crippen molar-refractivity contribution in [1.82, 2.24) is 10.2 Å². The van der Waals surface area contributed by atoms with Crippen LogP contribution in [0.25, 0.3) is 0 Å². The van der Waals surface area contributed by atoms with Gasteiger partial charge in [0.05, 0.1) is 12.1 Å². The van der Waals surface area contributed by atoms with Gasteiger partial charge in [0.25, 0.3) is 0 Å². The van der Waals surface area contributed by atoms with Crippen molar-refractivity contribution in [3.63, 3.8) is 0 Å². The number of likely N-dealkylation sites (tertiary alicyclic amines) is 1. The van der Waals surface area contributed by atoms with Crippen molar-refractivity contribution in [2.45, 2.75) is 45.4 Å². The third kappa shape index (κ3) is 4.22. The lowest BCUT2D eigenvalue weighted by Gasteiger charge is -2.40. The van der Waals surface area contributed by atoms with Gasteiger partial charge >= 0.3 is 6.09 Å². The molecule has 17 heavy (non-hydrogen) atoms. The van der Waals surface area contributed by atoms with E-state index >= 15 is 0 Å². The topological polar surface area (TPSA) is 84.7 Å². The summed E-state index contributed by atoms with van der Waals surface area (Å²) in [6.45, 7) is 8.04. The fourth-order valence-electron chi connectivity index (χ4n) is 1.38. The summed E-state index contributed by atoms with van der Waals surface area (Å²) >= 11 is 0. The number of nitrogens with zero attached hydrogens (tertiary/aromatic N) is 1. The Kier molecular flexibility index (Phi) is 3.98. The molecule has 1 atom stereocenters. The van der Waals surface area contributed by atoms with Gasteiger partial charge in [-0.2, -0.15) is 0 Å². The quantitative estimate of drug-likeness (QED) is 0.718. The van der Waals surface area contributed by atoms with Crippen molar-refractivity contribution in [2.24, 2.45) is 5.73 Å². The normalized spacial score (nSPS) is 18.3. The molecule has 1 aliphatic rings. The minimum atomic E-state index is -0.523. The fraction of sp³-hybridized carbons (Fsp3) is 0.818. The maximum absolute atomic E-state index is 11.6. The van der Waals surface area contributed by atoms with Gasteiger partial charge in [0.2, 0.25) is 5.91 Å². The molecule has 0 aromatic heterocycles. The predicted molar refractivity (Wildman–Crippen MR) is 63.4 cm³/mol. The van der Waals surface area contributed by atoms with Crippen molar-refractivity contribution in [1.29, 1.82) is 0 Å². The summed E-state index contributed by atoms with van der Waals surface area (Å²) in [5.41, 5.74) is 4.93. The van der Waals surface area contributed by atoms with Crippen LogP contribution in [0.15, 0.2) is 0 Å². The van der Waals surface area contributed by atoms with Gasteiger partial charge in [0, 0.05) is 13.1 Å². The monoisotopic (exact) mass is 243 g/mol. The van der Waals surface area contributed by atoms with Crippen molar-refractivity contribution in [3.8, 4) is 0 Å². The highest BCUT2D eigenvalue weighted by Crippen LogP contribution is 2.15. The highest BCUT2D eigenvalue weighted by Gasteiger charge is 2.34. The van der Waals surface area contributed by atoms with Crippen LogP contribution in [0.5, 0.6) is 0 Å². The minimum Gasteiger partial charge on any atom is -0.444 e. The van der Waals surface area contributed by atoms with Crippen LogP contribution in [0, 0.1) is 0 Å². The molecule has 98 valence electrons. The second-order valence-electron chi connectivity index (χ2n) is 5.38. The summed E-state index contributed by atoms with van der Waals surface area (Å²) < 4.78 is 5.19. The van der Waals surface area contributed by atoms with E-state index in [0.717, 1.165) is 0 Å². The molecule has 1 fully saturated rings. The summed E-state index contributed by atoms with van der Waals surface area (Å²) in [7, 11) is 0. The average molecular weight is 243 g/mol. The largest absolute Gasteiger partial charge is 0.444 e. The van der Waals surface area contributed by atoms with E-state index in [9.17, 15) is 9.59 Å². The molecule has 0 spiro atoms. The number of ether oxygens (including phenoxy) is 1. The van der Waals surface area contributed by atoms with Crippen molar-refractivity contribution < 1.29 is 14.3 Å². The Labute approximate surface area is 101 Å². The summed E-state index contributed by atoms with van der Waals surface area (Å²) in [5.74, 6) is -0.196. The number of carbonyl (C=O) groups is 2. The van der Waals surface area contributed by atoms with Crippen LogP contribution >= 0.6 is 0 Å². The van der Waals surface area contributed by atoms with Crippen LogP contribution in [0.1, 0.15) is 27.7 Å². The summed E-state index contributed by atoms with van der Waals surface area (Å²) in [6, 6.07) is -0.536. The van der Waals surface area contributed by atoms with Gasteiger partial charge < -0.3 is 20.7 Å². The number of hydrogen-bond donors (Lipinski definition) is 2. The van der Waals surface area contributed by atoms with E-state index in [1.54, 1.807) is 11.8 Å². The Morgan fingerprint density at radius 2 is 1.94 bits per heavy atom. The van der Waals surface area contributed by atoms with E-state index in [4.69, 9.17) is 10.5 Å². The standard InChI is InChI=1S/C11H21N3O3/c1-7(12)9(15)13-8-5-14(6-8)10(16)17-11(2,3)4/h7-8H,5-6,12H2,1-4H3,(H,13,15)/t7-/m0/s1. The molecular formula is C11H21N3O3. The molecule has 0 aromatic carbocycles. The average Bonchev–Trinajstić information content (AvgIpc) is 2.06. The first-order valence-electron chi connectivity index (χ1n) is 5.73. The fourth-order valence-corrected chi connectivity index (χ4v) is 1.38. The molecule has 1 heterocycles. The molecule has 1 rings (SSSR count). The van der Waals surface area contributed by atoms with Crippen LogP contribution in [0.2, 0.25) is 0 Å². The van der Waals surface area contributed by atoms with Crippen molar-refractivity contribution in [2.75, 3.05) is 13.1 Å². The van der Waals surface area contributed by atoms with Crippen LogP contribution in [0.3, 0.4) is 0 Å². The molecule has 3 N–H and O–H groups in total. The smallest absolute Gasteiger partial charge is 0.410 e. The maximum atomic E-state index is 11.6. The van der Waals surface area contributed by atoms with Gasteiger partial charge in [0.1, 0.15) is 5.60 Å². The van der Waals surface area contributed by atoms with Gasteiger partial charge in [0.15, 0.2) is 0 Å². The summed E-state index contributed by atoms with van der Waals surface area (Å²) in [6.07, 6.45) is -0.344. The zero-order valence-electron chi connectivity index (χ0n) is 10.8. The highest BCUT2D eigenvalue weighted by atomic mass is 16.6. The predicted octanol–water partition coefficient (Wildman–Crippen LogP) is 0.0691.